The highest BCUT2D eigenvalue weighted by Gasteiger charge is 2.20. The highest BCUT2D eigenvalue weighted by Crippen LogP contribution is 2.32. The molecule has 1 amide bonds. The largest absolute Gasteiger partial charge is 0.495 e. The zero-order valence-corrected chi connectivity index (χ0v) is 17.6. The Bertz CT molecular complexity index is 976. The van der Waals surface area contributed by atoms with E-state index < -0.39 is 15.9 Å². The van der Waals surface area contributed by atoms with E-state index in [9.17, 15) is 13.2 Å². The smallest absolute Gasteiger partial charge is 0.257 e. The first-order valence-corrected chi connectivity index (χ1v) is 10.3. The number of hydrogen-bond acceptors (Lipinski definition) is 4. The molecule has 27 heavy (non-hydrogen) atoms. The third-order valence-electron chi connectivity index (χ3n) is 3.61. The molecule has 2 aromatic carbocycles. The Morgan fingerprint density at radius 1 is 1.11 bits per heavy atom. The van der Waals surface area contributed by atoms with E-state index in [1.165, 1.54) is 25.3 Å². The summed E-state index contributed by atoms with van der Waals surface area (Å²) in [6.07, 6.45) is 0. The van der Waals surface area contributed by atoms with E-state index >= 15 is 0 Å². The van der Waals surface area contributed by atoms with Gasteiger partial charge in [0.1, 0.15) is 5.75 Å². The summed E-state index contributed by atoms with van der Waals surface area (Å²) < 4.78 is 32.4. The topological polar surface area (TPSA) is 84.5 Å². The lowest BCUT2D eigenvalue weighted by molar-refractivity contribution is 0.102. The molecule has 2 N–H and O–H groups in total. The molecule has 0 atom stereocenters. The molecule has 0 aliphatic rings. The number of benzene rings is 2. The minimum atomic E-state index is -3.76. The van der Waals surface area contributed by atoms with Gasteiger partial charge in [-0.3, -0.25) is 4.79 Å². The number of anilines is 1. The van der Waals surface area contributed by atoms with Crippen LogP contribution in [0.15, 0.2) is 35.2 Å². The number of halogens is 2. The molecule has 0 heterocycles. The lowest BCUT2D eigenvalue weighted by atomic mass is 10.1. The van der Waals surface area contributed by atoms with Crippen molar-refractivity contribution in [1.82, 2.24) is 4.72 Å². The van der Waals surface area contributed by atoms with Crippen LogP contribution in [-0.4, -0.2) is 27.5 Å². The first-order valence-electron chi connectivity index (χ1n) is 8.02. The Labute approximate surface area is 168 Å². The average Bonchev–Trinajstić information content (AvgIpc) is 2.56. The predicted molar refractivity (Wildman–Crippen MR) is 108 cm³/mol. The maximum absolute atomic E-state index is 12.7. The summed E-state index contributed by atoms with van der Waals surface area (Å²) in [6.45, 7) is 5.20. The van der Waals surface area contributed by atoms with Crippen LogP contribution in [0.2, 0.25) is 10.0 Å². The van der Waals surface area contributed by atoms with Crippen LogP contribution >= 0.6 is 23.2 Å². The molecule has 0 saturated carbocycles. The van der Waals surface area contributed by atoms with E-state index in [1.54, 1.807) is 32.9 Å². The minimum absolute atomic E-state index is 0.0259. The summed E-state index contributed by atoms with van der Waals surface area (Å²) >= 11 is 12.2. The van der Waals surface area contributed by atoms with Crippen LogP contribution < -0.4 is 14.8 Å². The van der Waals surface area contributed by atoms with Gasteiger partial charge in [-0.1, -0.05) is 23.2 Å². The zero-order chi connectivity index (χ0) is 20.4. The normalized spacial score (nSPS) is 11.5. The van der Waals surface area contributed by atoms with Crippen molar-refractivity contribution in [3.8, 4) is 5.75 Å². The molecule has 0 aliphatic heterocycles. The van der Waals surface area contributed by atoms with Gasteiger partial charge < -0.3 is 10.1 Å². The molecule has 0 radical (unpaired) electrons. The predicted octanol–water partition coefficient (Wildman–Crippen LogP) is 4.25. The number of sulfonamides is 1. The lowest BCUT2D eigenvalue weighted by Gasteiger charge is -2.14. The number of hydrogen-bond donors (Lipinski definition) is 2. The van der Waals surface area contributed by atoms with Crippen LogP contribution in [-0.2, 0) is 10.0 Å². The van der Waals surface area contributed by atoms with E-state index in [4.69, 9.17) is 27.9 Å². The second kappa shape index (κ2) is 8.48. The molecule has 0 aromatic heterocycles. The van der Waals surface area contributed by atoms with Crippen LogP contribution in [0.5, 0.6) is 5.75 Å². The van der Waals surface area contributed by atoms with Gasteiger partial charge >= 0.3 is 0 Å². The Morgan fingerprint density at radius 2 is 1.78 bits per heavy atom. The van der Waals surface area contributed by atoms with Crippen molar-refractivity contribution in [2.24, 2.45) is 0 Å². The molecule has 0 fully saturated rings. The standard InChI is InChI=1S/C18H20Cl2N2O4S/c1-10(2)22-27(24,25)12-5-6-14(19)13(8-12)18(23)21-16-7-11(3)15(20)9-17(16)26-4/h5-10,22H,1-4H3,(H,21,23). The molecule has 0 spiro atoms. The minimum Gasteiger partial charge on any atom is -0.495 e. The number of ether oxygens (including phenoxy) is 1. The first kappa shape index (κ1) is 21.5. The van der Waals surface area contributed by atoms with Crippen LogP contribution in [0.4, 0.5) is 5.69 Å². The van der Waals surface area contributed by atoms with Gasteiger partial charge in [-0.05, 0) is 50.6 Å². The number of rotatable bonds is 6. The van der Waals surface area contributed by atoms with E-state index in [1.807, 2.05) is 0 Å². The van der Waals surface area contributed by atoms with E-state index in [0.717, 1.165) is 5.56 Å². The van der Waals surface area contributed by atoms with Crippen molar-refractivity contribution in [3.05, 3.63) is 51.5 Å². The van der Waals surface area contributed by atoms with Gasteiger partial charge in [0.2, 0.25) is 10.0 Å². The Balaban J connectivity index is 2.40. The van der Waals surface area contributed by atoms with Gasteiger partial charge in [-0.2, -0.15) is 0 Å². The summed E-state index contributed by atoms with van der Waals surface area (Å²) in [5.74, 6) is -0.193. The Kier molecular flexibility index (Phi) is 6.75. The maximum atomic E-state index is 12.7. The third-order valence-corrected chi connectivity index (χ3v) is 6.01. The van der Waals surface area contributed by atoms with Gasteiger partial charge in [-0.25, -0.2) is 13.1 Å². The zero-order valence-electron chi connectivity index (χ0n) is 15.3. The summed E-state index contributed by atoms with van der Waals surface area (Å²) in [6, 6.07) is 6.91. The number of nitrogens with one attached hydrogen (secondary N) is 2. The van der Waals surface area contributed by atoms with Gasteiger partial charge in [0.15, 0.2) is 0 Å². The monoisotopic (exact) mass is 430 g/mol. The number of carbonyl (C=O) groups excluding carboxylic acids is 1. The van der Waals surface area contributed by atoms with Crippen molar-refractivity contribution in [3.63, 3.8) is 0 Å². The molecule has 0 unspecified atom stereocenters. The van der Waals surface area contributed by atoms with Crippen LogP contribution in [0.25, 0.3) is 0 Å². The second-order valence-electron chi connectivity index (χ2n) is 6.17. The molecule has 146 valence electrons. The highest BCUT2D eigenvalue weighted by atomic mass is 35.5. The summed E-state index contributed by atoms with van der Waals surface area (Å²) in [5.41, 5.74) is 1.17. The summed E-state index contributed by atoms with van der Waals surface area (Å²) in [4.78, 5) is 12.7. The van der Waals surface area contributed by atoms with Gasteiger partial charge in [0.25, 0.3) is 5.91 Å². The molecule has 2 rings (SSSR count). The Morgan fingerprint density at radius 3 is 2.37 bits per heavy atom. The summed E-state index contributed by atoms with van der Waals surface area (Å²) in [7, 11) is -2.31. The van der Waals surface area contributed by atoms with E-state index in [0.29, 0.717) is 16.5 Å². The van der Waals surface area contributed by atoms with Crippen LogP contribution in [0.3, 0.4) is 0 Å². The molecular weight excluding hydrogens is 411 g/mol. The quantitative estimate of drug-likeness (QED) is 0.716. The fourth-order valence-corrected chi connectivity index (χ4v) is 3.98. The Hall–Kier alpha value is -1.80. The third kappa shape index (κ3) is 5.13. The number of aryl methyl sites for hydroxylation is 1. The average molecular weight is 431 g/mol. The van der Waals surface area contributed by atoms with Gasteiger partial charge in [0, 0.05) is 17.1 Å². The highest BCUT2D eigenvalue weighted by molar-refractivity contribution is 7.89. The molecule has 0 aliphatic carbocycles. The fourth-order valence-electron chi connectivity index (χ4n) is 2.34. The molecular formula is C18H20Cl2N2O4S. The number of amides is 1. The SMILES string of the molecule is COc1cc(Cl)c(C)cc1NC(=O)c1cc(S(=O)(=O)NC(C)C)ccc1Cl. The second-order valence-corrected chi connectivity index (χ2v) is 8.70. The van der Waals surface area contributed by atoms with Crippen molar-refractivity contribution < 1.29 is 17.9 Å². The summed E-state index contributed by atoms with van der Waals surface area (Å²) in [5, 5.41) is 3.31. The van der Waals surface area contributed by atoms with Crippen molar-refractivity contribution in [2.75, 3.05) is 12.4 Å². The van der Waals surface area contributed by atoms with Gasteiger partial charge in [-0.15, -0.1) is 0 Å². The lowest BCUT2D eigenvalue weighted by Crippen LogP contribution is -2.30. The molecule has 0 saturated heterocycles. The van der Waals surface area contributed by atoms with E-state index in [-0.39, 0.29) is 21.5 Å². The maximum Gasteiger partial charge on any atom is 0.257 e. The number of methoxy groups -OCH3 is 1. The molecule has 6 nitrogen and oxygen atoms in total. The van der Waals surface area contributed by atoms with E-state index in [2.05, 4.69) is 10.0 Å². The van der Waals surface area contributed by atoms with Crippen LogP contribution in [0.1, 0.15) is 29.8 Å². The molecule has 9 heteroatoms. The molecule has 2 aromatic rings. The van der Waals surface area contributed by atoms with Crippen molar-refractivity contribution in [1.29, 1.82) is 0 Å². The molecule has 0 bridgehead atoms. The van der Waals surface area contributed by atoms with Crippen molar-refractivity contribution >= 4 is 44.8 Å². The van der Waals surface area contributed by atoms with Crippen LogP contribution in [0, 0.1) is 6.92 Å². The van der Waals surface area contributed by atoms with Crippen molar-refractivity contribution in [2.45, 2.75) is 31.7 Å². The fraction of sp³-hybridized carbons (Fsp3) is 0.278. The number of carbonyl (C=O) groups is 1. The first-order chi connectivity index (χ1) is 12.5. The van der Waals surface area contributed by atoms with Gasteiger partial charge in [0.05, 0.1) is 28.3 Å².